The first-order valence-corrected chi connectivity index (χ1v) is 5.86. The number of ether oxygens (including phenoxy) is 2. The van der Waals surface area contributed by atoms with Gasteiger partial charge in [0.15, 0.2) is 0 Å². The van der Waals surface area contributed by atoms with Crippen molar-refractivity contribution in [3.8, 4) is 5.75 Å². The molecule has 4 heteroatoms. The van der Waals surface area contributed by atoms with E-state index in [0.29, 0.717) is 16.9 Å². The summed E-state index contributed by atoms with van der Waals surface area (Å²) in [5.74, 6) is 0.698. The third kappa shape index (κ3) is 2.80. The van der Waals surface area contributed by atoms with E-state index in [0.717, 1.165) is 31.7 Å². The highest BCUT2D eigenvalue weighted by atomic mass is 35.5. The molecule has 3 nitrogen and oxygen atoms in total. The van der Waals surface area contributed by atoms with Gasteiger partial charge in [0.1, 0.15) is 5.75 Å². The molecule has 1 aromatic carbocycles. The number of methoxy groups -OCH3 is 1. The lowest BCUT2D eigenvalue weighted by atomic mass is 10.2. The molecule has 1 saturated heterocycles. The first-order valence-electron chi connectivity index (χ1n) is 5.48. The molecule has 0 aliphatic carbocycles. The number of benzene rings is 1. The zero-order chi connectivity index (χ0) is 11.4. The molecule has 16 heavy (non-hydrogen) atoms. The molecule has 2 rings (SSSR count). The number of hydrogen-bond donors (Lipinski definition) is 1. The molecular formula is C12H16ClNO2. The summed E-state index contributed by atoms with van der Waals surface area (Å²) in [6.45, 7) is 1.72. The Hall–Kier alpha value is -0.930. The average molecular weight is 242 g/mol. The van der Waals surface area contributed by atoms with Gasteiger partial charge >= 0.3 is 0 Å². The summed E-state index contributed by atoms with van der Waals surface area (Å²) >= 11 is 6.03. The Labute approximate surface area is 101 Å². The third-order valence-electron chi connectivity index (χ3n) is 2.71. The van der Waals surface area contributed by atoms with Crippen molar-refractivity contribution in [3.05, 3.63) is 23.2 Å². The summed E-state index contributed by atoms with van der Waals surface area (Å²) in [7, 11) is 1.61. The molecule has 1 atom stereocenters. The summed E-state index contributed by atoms with van der Waals surface area (Å²) in [4.78, 5) is 0. The Morgan fingerprint density at radius 1 is 1.56 bits per heavy atom. The lowest BCUT2D eigenvalue weighted by Gasteiger charge is -2.12. The van der Waals surface area contributed by atoms with E-state index in [1.54, 1.807) is 7.11 Å². The number of rotatable bonds is 4. The lowest BCUT2D eigenvalue weighted by Crippen LogP contribution is -2.18. The van der Waals surface area contributed by atoms with Crippen LogP contribution in [0.4, 0.5) is 5.69 Å². The van der Waals surface area contributed by atoms with Crippen molar-refractivity contribution in [3.63, 3.8) is 0 Å². The second kappa shape index (κ2) is 5.41. The Balaban J connectivity index is 1.91. The van der Waals surface area contributed by atoms with Crippen molar-refractivity contribution in [1.82, 2.24) is 0 Å². The van der Waals surface area contributed by atoms with Gasteiger partial charge in [-0.25, -0.2) is 0 Å². The number of anilines is 1. The molecule has 0 unspecified atom stereocenters. The Kier molecular flexibility index (Phi) is 3.91. The second-order valence-electron chi connectivity index (χ2n) is 3.87. The molecule has 0 amide bonds. The summed E-state index contributed by atoms with van der Waals surface area (Å²) in [6.07, 6.45) is 2.63. The molecule has 0 bridgehead atoms. The van der Waals surface area contributed by atoms with Crippen LogP contribution < -0.4 is 10.1 Å². The Morgan fingerprint density at radius 3 is 3.06 bits per heavy atom. The van der Waals surface area contributed by atoms with Gasteiger partial charge in [-0.1, -0.05) is 11.6 Å². The number of hydrogen-bond acceptors (Lipinski definition) is 3. The van der Waals surface area contributed by atoms with Crippen LogP contribution in [0.2, 0.25) is 5.02 Å². The fourth-order valence-electron chi connectivity index (χ4n) is 1.81. The van der Waals surface area contributed by atoms with Crippen molar-refractivity contribution in [2.45, 2.75) is 18.9 Å². The molecule has 0 spiro atoms. The maximum Gasteiger partial charge on any atom is 0.137 e. The molecule has 0 aromatic heterocycles. The van der Waals surface area contributed by atoms with Gasteiger partial charge in [0.2, 0.25) is 0 Å². The topological polar surface area (TPSA) is 30.5 Å². The van der Waals surface area contributed by atoms with Crippen LogP contribution in [0.15, 0.2) is 18.2 Å². The van der Waals surface area contributed by atoms with E-state index in [9.17, 15) is 0 Å². The summed E-state index contributed by atoms with van der Waals surface area (Å²) in [5, 5.41) is 3.94. The van der Waals surface area contributed by atoms with Gasteiger partial charge in [-0.3, -0.25) is 0 Å². The van der Waals surface area contributed by atoms with Crippen molar-refractivity contribution >= 4 is 17.3 Å². The monoisotopic (exact) mass is 241 g/mol. The van der Waals surface area contributed by atoms with Gasteiger partial charge in [-0.05, 0) is 31.0 Å². The van der Waals surface area contributed by atoms with Gasteiger partial charge in [-0.15, -0.1) is 0 Å². The van der Waals surface area contributed by atoms with Gasteiger partial charge in [0.25, 0.3) is 0 Å². The zero-order valence-corrected chi connectivity index (χ0v) is 10.1. The molecule has 1 heterocycles. The van der Waals surface area contributed by atoms with Gasteiger partial charge < -0.3 is 14.8 Å². The molecule has 1 aliphatic heterocycles. The van der Waals surface area contributed by atoms with Crippen molar-refractivity contribution in [1.29, 1.82) is 0 Å². The highest BCUT2D eigenvalue weighted by Crippen LogP contribution is 2.27. The van der Waals surface area contributed by atoms with Crippen LogP contribution in [0.1, 0.15) is 12.8 Å². The van der Waals surface area contributed by atoms with Crippen molar-refractivity contribution in [2.24, 2.45) is 0 Å². The van der Waals surface area contributed by atoms with E-state index >= 15 is 0 Å². The van der Waals surface area contributed by atoms with Crippen LogP contribution in [-0.2, 0) is 4.74 Å². The fourth-order valence-corrected chi connectivity index (χ4v) is 2.07. The Morgan fingerprint density at radius 2 is 2.44 bits per heavy atom. The minimum absolute atomic E-state index is 0.334. The molecule has 1 aromatic rings. The normalized spacial score (nSPS) is 19.8. The molecule has 0 radical (unpaired) electrons. The van der Waals surface area contributed by atoms with E-state index in [1.807, 2.05) is 18.2 Å². The van der Waals surface area contributed by atoms with Crippen LogP contribution in [0, 0.1) is 0 Å². The zero-order valence-electron chi connectivity index (χ0n) is 9.33. The summed E-state index contributed by atoms with van der Waals surface area (Å²) < 4.78 is 10.6. The molecule has 88 valence electrons. The number of halogens is 1. The molecule has 1 aliphatic rings. The van der Waals surface area contributed by atoms with Gasteiger partial charge in [-0.2, -0.15) is 0 Å². The molecular weight excluding hydrogens is 226 g/mol. The van der Waals surface area contributed by atoms with Crippen LogP contribution in [-0.4, -0.2) is 26.4 Å². The minimum atomic E-state index is 0.334. The highest BCUT2D eigenvalue weighted by molar-refractivity contribution is 6.32. The van der Waals surface area contributed by atoms with E-state index in [2.05, 4.69) is 5.32 Å². The highest BCUT2D eigenvalue weighted by Gasteiger charge is 2.14. The van der Waals surface area contributed by atoms with Crippen molar-refractivity contribution in [2.75, 3.05) is 25.6 Å². The SMILES string of the molecule is COc1ccc(NC[C@@H]2CCCO2)cc1Cl. The van der Waals surface area contributed by atoms with Crippen LogP contribution >= 0.6 is 11.6 Å². The van der Waals surface area contributed by atoms with E-state index in [-0.39, 0.29) is 0 Å². The maximum absolute atomic E-state index is 6.03. The van der Waals surface area contributed by atoms with Crippen LogP contribution in [0.25, 0.3) is 0 Å². The minimum Gasteiger partial charge on any atom is -0.495 e. The van der Waals surface area contributed by atoms with Gasteiger partial charge in [0.05, 0.1) is 18.2 Å². The predicted molar refractivity (Wildman–Crippen MR) is 65.5 cm³/mol. The summed E-state index contributed by atoms with van der Waals surface area (Å²) in [5.41, 5.74) is 1.00. The van der Waals surface area contributed by atoms with Gasteiger partial charge in [0, 0.05) is 18.8 Å². The van der Waals surface area contributed by atoms with E-state index in [4.69, 9.17) is 21.1 Å². The van der Waals surface area contributed by atoms with Crippen LogP contribution in [0.5, 0.6) is 5.75 Å². The van der Waals surface area contributed by atoms with Crippen LogP contribution in [0.3, 0.4) is 0 Å². The first kappa shape index (κ1) is 11.6. The maximum atomic E-state index is 6.03. The quantitative estimate of drug-likeness (QED) is 0.879. The first-order chi connectivity index (χ1) is 7.79. The molecule has 0 saturated carbocycles. The third-order valence-corrected chi connectivity index (χ3v) is 3.01. The smallest absolute Gasteiger partial charge is 0.137 e. The standard InChI is InChI=1S/C12H16ClNO2/c1-15-12-5-4-9(7-11(12)13)14-8-10-3-2-6-16-10/h4-5,7,10,14H,2-3,6,8H2,1H3/t10-/m0/s1. The Bertz CT molecular complexity index is 351. The number of nitrogens with one attached hydrogen (secondary N) is 1. The largest absolute Gasteiger partial charge is 0.495 e. The average Bonchev–Trinajstić information content (AvgIpc) is 2.79. The fraction of sp³-hybridized carbons (Fsp3) is 0.500. The van der Waals surface area contributed by atoms with E-state index < -0.39 is 0 Å². The molecule has 1 fully saturated rings. The predicted octanol–water partition coefficient (Wildman–Crippen LogP) is 2.94. The lowest BCUT2D eigenvalue weighted by molar-refractivity contribution is 0.120. The molecule has 1 N–H and O–H groups in total. The van der Waals surface area contributed by atoms with Crippen molar-refractivity contribution < 1.29 is 9.47 Å². The van der Waals surface area contributed by atoms with E-state index in [1.165, 1.54) is 0 Å². The second-order valence-corrected chi connectivity index (χ2v) is 4.27. The summed E-state index contributed by atoms with van der Waals surface area (Å²) in [6, 6.07) is 5.69.